The first-order valence-electron chi connectivity index (χ1n) is 7.17. The molecular weight excluding hydrogens is 270 g/mol. The van der Waals surface area contributed by atoms with E-state index in [4.69, 9.17) is 9.47 Å². The molecule has 0 bridgehead atoms. The molecule has 0 unspecified atom stereocenters. The number of nitrogens with zero attached hydrogens (tertiary/aromatic N) is 1. The highest BCUT2D eigenvalue weighted by molar-refractivity contribution is 5.62. The van der Waals surface area contributed by atoms with Crippen molar-refractivity contribution in [2.75, 3.05) is 14.2 Å². The lowest BCUT2D eigenvalue weighted by Crippen LogP contribution is -2.00. The number of aryl methyl sites for hydroxylation is 1. The van der Waals surface area contributed by atoms with Gasteiger partial charge in [0.25, 0.3) is 0 Å². The van der Waals surface area contributed by atoms with Crippen molar-refractivity contribution in [1.82, 2.24) is 0 Å². The molecule has 0 radical (unpaired) electrons. The topological polar surface area (TPSA) is 61.6 Å². The van der Waals surface area contributed by atoms with Gasteiger partial charge in [-0.25, -0.2) is 0 Å². The number of rotatable bonds is 8. The lowest BCUT2D eigenvalue weighted by molar-refractivity contribution is -0.426. The summed E-state index contributed by atoms with van der Waals surface area (Å²) in [5, 5.41) is 11.1. The predicted molar refractivity (Wildman–Crippen MR) is 83.4 cm³/mol. The van der Waals surface area contributed by atoms with E-state index in [0.29, 0.717) is 17.7 Å². The molecule has 0 aliphatic rings. The molecule has 116 valence electrons. The van der Waals surface area contributed by atoms with Gasteiger partial charge in [-0.3, -0.25) is 10.1 Å². The standard InChI is InChI=1S/C16H23NO4/c1-5-7-12-10-16(21-4)13(11-15(12)20-3)9-14(8-6-2)17(18)19/h9-11H,5-8H2,1-4H3. The van der Waals surface area contributed by atoms with E-state index in [-0.39, 0.29) is 10.6 Å². The molecular formula is C16H23NO4. The molecule has 0 aliphatic heterocycles. The molecule has 0 aromatic heterocycles. The zero-order valence-electron chi connectivity index (χ0n) is 13.1. The summed E-state index contributed by atoms with van der Waals surface area (Å²) in [5.74, 6) is 1.37. The van der Waals surface area contributed by atoms with Gasteiger partial charge < -0.3 is 9.47 Å². The van der Waals surface area contributed by atoms with Crippen LogP contribution in [0.15, 0.2) is 17.8 Å². The Bertz CT molecular complexity index is 523. The van der Waals surface area contributed by atoms with E-state index in [0.717, 1.165) is 30.6 Å². The summed E-state index contributed by atoms with van der Waals surface area (Å²) in [6, 6.07) is 3.71. The van der Waals surface area contributed by atoms with Crippen molar-refractivity contribution in [2.24, 2.45) is 0 Å². The first kappa shape index (κ1) is 17.0. The number of benzene rings is 1. The van der Waals surface area contributed by atoms with Crippen LogP contribution in [0.2, 0.25) is 0 Å². The van der Waals surface area contributed by atoms with Crippen molar-refractivity contribution in [1.29, 1.82) is 0 Å². The number of methoxy groups -OCH3 is 2. The van der Waals surface area contributed by atoms with Crippen LogP contribution in [0.1, 0.15) is 44.2 Å². The van der Waals surface area contributed by atoms with Crippen LogP contribution in [0.25, 0.3) is 6.08 Å². The molecule has 1 rings (SSSR count). The molecule has 0 saturated carbocycles. The highest BCUT2D eigenvalue weighted by atomic mass is 16.6. The van der Waals surface area contributed by atoms with Gasteiger partial charge in [0.2, 0.25) is 5.70 Å². The molecule has 21 heavy (non-hydrogen) atoms. The largest absolute Gasteiger partial charge is 0.496 e. The minimum absolute atomic E-state index is 0.182. The Balaban J connectivity index is 3.33. The maximum Gasteiger partial charge on any atom is 0.246 e. The normalized spacial score (nSPS) is 11.3. The summed E-state index contributed by atoms with van der Waals surface area (Å²) >= 11 is 0. The van der Waals surface area contributed by atoms with Gasteiger partial charge in [0.15, 0.2) is 0 Å². The van der Waals surface area contributed by atoms with E-state index in [1.807, 2.05) is 19.1 Å². The highest BCUT2D eigenvalue weighted by Crippen LogP contribution is 2.31. The molecule has 0 spiro atoms. The summed E-state index contributed by atoms with van der Waals surface area (Å²) in [5.41, 5.74) is 1.91. The first-order valence-corrected chi connectivity index (χ1v) is 7.17. The van der Waals surface area contributed by atoms with Gasteiger partial charge in [0.05, 0.1) is 19.1 Å². The third kappa shape index (κ3) is 4.48. The van der Waals surface area contributed by atoms with Gasteiger partial charge in [-0.2, -0.15) is 0 Å². The van der Waals surface area contributed by atoms with Gasteiger partial charge in [0, 0.05) is 18.1 Å². The Kier molecular flexibility index (Phi) is 6.72. The Hall–Kier alpha value is -2.04. The Morgan fingerprint density at radius 3 is 2.33 bits per heavy atom. The molecule has 1 aromatic carbocycles. The fraction of sp³-hybridized carbons (Fsp3) is 0.500. The number of ether oxygens (including phenoxy) is 2. The summed E-state index contributed by atoms with van der Waals surface area (Å²) < 4.78 is 10.8. The average molecular weight is 293 g/mol. The van der Waals surface area contributed by atoms with Crippen LogP contribution < -0.4 is 9.47 Å². The van der Waals surface area contributed by atoms with Gasteiger partial charge >= 0.3 is 0 Å². The van der Waals surface area contributed by atoms with E-state index in [1.165, 1.54) is 0 Å². The molecule has 1 aromatic rings. The maximum absolute atomic E-state index is 11.1. The van der Waals surface area contributed by atoms with Crippen molar-refractivity contribution >= 4 is 6.08 Å². The van der Waals surface area contributed by atoms with Crippen molar-refractivity contribution in [3.63, 3.8) is 0 Å². The van der Waals surface area contributed by atoms with Crippen LogP contribution in [-0.2, 0) is 6.42 Å². The molecule has 0 fully saturated rings. The number of nitro groups is 1. The summed E-state index contributed by atoms with van der Waals surface area (Å²) in [7, 11) is 3.18. The van der Waals surface area contributed by atoms with Gasteiger partial charge in [-0.05, 0) is 30.5 Å². The second-order valence-electron chi connectivity index (χ2n) is 4.80. The summed E-state index contributed by atoms with van der Waals surface area (Å²) in [6.45, 7) is 4.01. The van der Waals surface area contributed by atoms with E-state index in [2.05, 4.69) is 6.92 Å². The number of hydrogen-bond donors (Lipinski definition) is 0. The average Bonchev–Trinajstić information content (AvgIpc) is 2.47. The van der Waals surface area contributed by atoms with Crippen molar-refractivity contribution in [3.05, 3.63) is 39.1 Å². The SMILES string of the molecule is CCCC(=Cc1cc(OC)c(CCC)cc1OC)[N+](=O)[O-]. The van der Waals surface area contributed by atoms with Crippen LogP contribution in [0.4, 0.5) is 0 Å². The zero-order chi connectivity index (χ0) is 15.8. The fourth-order valence-electron chi connectivity index (χ4n) is 2.21. The van der Waals surface area contributed by atoms with Crippen molar-refractivity contribution in [3.8, 4) is 11.5 Å². The Morgan fingerprint density at radius 2 is 1.86 bits per heavy atom. The van der Waals surface area contributed by atoms with E-state index in [1.54, 1.807) is 20.3 Å². The third-order valence-corrected chi connectivity index (χ3v) is 3.21. The van der Waals surface area contributed by atoms with Crippen LogP contribution in [0, 0.1) is 10.1 Å². The third-order valence-electron chi connectivity index (χ3n) is 3.21. The number of allylic oxidation sites excluding steroid dienone is 1. The predicted octanol–water partition coefficient (Wildman–Crippen LogP) is 4.07. The van der Waals surface area contributed by atoms with Gasteiger partial charge in [0.1, 0.15) is 11.5 Å². The molecule has 0 N–H and O–H groups in total. The quantitative estimate of drug-likeness (QED) is 0.535. The van der Waals surface area contributed by atoms with E-state index in [9.17, 15) is 10.1 Å². The van der Waals surface area contributed by atoms with Crippen molar-refractivity contribution in [2.45, 2.75) is 39.5 Å². The summed E-state index contributed by atoms with van der Waals surface area (Å²) in [6.07, 6.45) is 4.58. The number of hydrogen-bond acceptors (Lipinski definition) is 4. The monoisotopic (exact) mass is 293 g/mol. The molecule has 0 atom stereocenters. The first-order chi connectivity index (χ1) is 10.1. The molecule has 0 amide bonds. The van der Waals surface area contributed by atoms with Crippen LogP contribution in [0.3, 0.4) is 0 Å². The minimum atomic E-state index is -0.338. The van der Waals surface area contributed by atoms with Crippen LogP contribution in [0.5, 0.6) is 11.5 Å². The zero-order valence-corrected chi connectivity index (χ0v) is 13.1. The van der Waals surface area contributed by atoms with Crippen LogP contribution in [-0.4, -0.2) is 19.1 Å². The molecule has 5 nitrogen and oxygen atoms in total. The molecule has 5 heteroatoms. The fourth-order valence-corrected chi connectivity index (χ4v) is 2.21. The van der Waals surface area contributed by atoms with Crippen LogP contribution >= 0.6 is 0 Å². The van der Waals surface area contributed by atoms with Crippen molar-refractivity contribution < 1.29 is 14.4 Å². The Labute approximate surface area is 125 Å². The lowest BCUT2D eigenvalue weighted by Gasteiger charge is -2.13. The second kappa shape index (κ2) is 8.29. The second-order valence-corrected chi connectivity index (χ2v) is 4.80. The smallest absolute Gasteiger partial charge is 0.246 e. The maximum atomic E-state index is 11.1. The Morgan fingerprint density at radius 1 is 1.19 bits per heavy atom. The molecule has 0 saturated heterocycles. The lowest BCUT2D eigenvalue weighted by atomic mass is 10.0. The van der Waals surface area contributed by atoms with Gasteiger partial charge in [-0.1, -0.05) is 20.3 Å². The minimum Gasteiger partial charge on any atom is -0.496 e. The van der Waals surface area contributed by atoms with Gasteiger partial charge in [-0.15, -0.1) is 0 Å². The van der Waals surface area contributed by atoms with E-state index >= 15 is 0 Å². The molecule has 0 aliphatic carbocycles. The van der Waals surface area contributed by atoms with E-state index < -0.39 is 0 Å². The highest BCUT2D eigenvalue weighted by Gasteiger charge is 2.14. The molecule has 0 heterocycles. The summed E-state index contributed by atoms with van der Waals surface area (Å²) in [4.78, 5) is 10.7.